The molecule has 0 aromatic carbocycles. The zero-order chi connectivity index (χ0) is 13.8. The van der Waals surface area contributed by atoms with Crippen LogP contribution in [0, 0.1) is 6.92 Å². The number of hydrogen-bond donors (Lipinski definition) is 4. The molecule has 0 aliphatic heterocycles. The summed E-state index contributed by atoms with van der Waals surface area (Å²) in [6.07, 6.45) is 3.02. The molecule has 1 aromatic heterocycles. The number of aryl methyl sites for hydroxylation is 1. The maximum Gasteiger partial charge on any atom is 0.155 e. The van der Waals surface area contributed by atoms with Crippen molar-refractivity contribution in [2.45, 2.75) is 38.3 Å². The summed E-state index contributed by atoms with van der Waals surface area (Å²) >= 11 is 0. The van der Waals surface area contributed by atoms with E-state index in [1.807, 2.05) is 0 Å². The van der Waals surface area contributed by atoms with Crippen molar-refractivity contribution in [3.05, 3.63) is 5.82 Å². The molecule has 0 saturated heterocycles. The molecule has 6 N–H and O–H groups in total. The van der Waals surface area contributed by atoms with E-state index >= 15 is 0 Å². The molecule has 2 unspecified atom stereocenters. The minimum Gasteiger partial charge on any atom is -0.394 e. The van der Waals surface area contributed by atoms with Crippen molar-refractivity contribution in [1.82, 2.24) is 9.97 Å². The Morgan fingerprint density at radius 1 is 1.37 bits per heavy atom. The Hall–Kier alpha value is -1.60. The van der Waals surface area contributed by atoms with Gasteiger partial charge in [-0.2, -0.15) is 0 Å². The van der Waals surface area contributed by atoms with Crippen LogP contribution in [0.25, 0.3) is 0 Å². The fourth-order valence-corrected chi connectivity index (χ4v) is 2.35. The van der Waals surface area contributed by atoms with E-state index in [1.165, 1.54) is 0 Å². The Balaban J connectivity index is 1.95. The van der Waals surface area contributed by atoms with E-state index in [0.29, 0.717) is 29.8 Å². The third kappa shape index (κ3) is 3.45. The van der Waals surface area contributed by atoms with Gasteiger partial charge in [0.15, 0.2) is 11.6 Å². The predicted molar refractivity (Wildman–Crippen MR) is 73.7 cm³/mol. The molecule has 1 heterocycles. The van der Waals surface area contributed by atoms with Gasteiger partial charge in [-0.3, -0.25) is 0 Å². The molecular weight excluding hydrogens is 246 g/mol. The third-order valence-electron chi connectivity index (χ3n) is 3.26. The highest BCUT2D eigenvalue weighted by atomic mass is 16.5. The highest BCUT2D eigenvalue weighted by molar-refractivity contribution is 5.72. The van der Waals surface area contributed by atoms with Crippen LogP contribution in [0.2, 0.25) is 0 Å². The molecular formula is C12H21N5O2. The van der Waals surface area contributed by atoms with Crippen molar-refractivity contribution >= 4 is 17.3 Å². The zero-order valence-electron chi connectivity index (χ0n) is 11.1. The molecule has 7 heteroatoms. The van der Waals surface area contributed by atoms with Crippen molar-refractivity contribution in [2.75, 3.05) is 30.0 Å². The van der Waals surface area contributed by atoms with E-state index in [-0.39, 0.29) is 18.8 Å². The molecule has 106 valence electrons. The molecule has 0 bridgehead atoms. The summed E-state index contributed by atoms with van der Waals surface area (Å²) in [7, 11) is 0. The van der Waals surface area contributed by atoms with Gasteiger partial charge in [0.25, 0.3) is 0 Å². The van der Waals surface area contributed by atoms with Gasteiger partial charge in [-0.1, -0.05) is 0 Å². The van der Waals surface area contributed by atoms with Crippen molar-refractivity contribution in [3.63, 3.8) is 0 Å². The second-order valence-corrected chi connectivity index (χ2v) is 4.79. The number of nitrogens with zero attached hydrogens (tertiary/aromatic N) is 2. The average molecular weight is 267 g/mol. The summed E-state index contributed by atoms with van der Waals surface area (Å²) in [6.45, 7) is 2.23. The first-order valence-electron chi connectivity index (χ1n) is 6.48. The molecule has 1 aliphatic rings. The van der Waals surface area contributed by atoms with Gasteiger partial charge in [0, 0.05) is 6.04 Å². The SMILES string of the molecule is Cc1nc(N)c(N)c(NC2CCC(OCCO)C2)n1. The van der Waals surface area contributed by atoms with E-state index in [2.05, 4.69) is 15.3 Å². The van der Waals surface area contributed by atoms with Gasteiger partial charge in [0.2, 0.25) is 0 Å². The Kier molecular flexibility index (Phi) is 4.39. The normalized spacial score (nSPS) is 22.6. The quantitative estimate of drug-likeness (QED) is 0.605. The van der Waals surface area contributed by atoms with Crippen LogP contribution < -0.4 is 16.8 Å². The number of anilines is 3. The van der Waals surface area contributed by atoms with Gasteiger partial charge >= 0.3 is 0 Å². The lowest BCUT2D eigenvalue weighted by Crippen LogP contribution is -2.21. The van der Waals surface area contributed by atoms with Crippen LogP contribution >= 0.6 is 0 Å². The molecule has 1 saturated carbocycles. The number of nitrogens with one attached hydrogen (secondary N) is 1. The number of nitrogen functional groups attached to an aromatic ring is 2. The lowest BCUT2D eigenvalue weighted by Gasteiger charge is -2.16. The van der Waals surface area contributed by atoms with Gasteiger partial charge in [-0.25, -0.2) is 9.97 Å². The fraction of sp³-hybridized carbons (Fsp3) is 0.667. The number of aromatic nitrogens is 2. The Labute approximate surface area is 112 Å². The average Bonchev–Trinajstić information content (AvgIpc) is 2.80. The van der Waals surface area contributed by atoms with Crippen LogP contribution in [0.1, 0.15) is 25.1 Å². The molecule has 0 amide bonds. The predicted octanol–water partition coefficient (Wildman–Crippen LogP) is 0.291. The largest absolute Gasteiger partial charge is 0.394 e. The van der Waals surface area contributed by atoms with E-state index in [1.54, 1.807) is 6.92 Å². The highest BCUT2D eigenvalue weighted by Gasteiger charge is 2.26. The van der Waals surface area contributed by atoms with E-state index in [4.69, 9.17) is 21.3 Å². The molecule has 2 rings (SSSR count). The van der Waals surface area contributed by atoms with Gasteiger partial charge < -0.3 is 26.6 Å². The summed E-state index contributed by atoms with van der Waals surface area (Å²) in [5.74, 6) is 1.50. The second kappa shape index (κ2) is 6.03. The topological polar surface area (TPSA) is 119 Å². The first-order valence-corrected chi connectivity index (χ1v) is 6.48. The Bertz CT molecular complexity index is 440. The first kappa shape index (κ1) is 13.8. The zero-order valence-corrected chi connectivity index (χ0v) is 11.1. The van der Waals surface area contributed by atoms with Crippen LogP contribution in [0.5, 0.6) is 0 Å². The molecule has 1 fully saturated rings. The Morgan fingerprint density at radius 3 is 2.89 bits per heavy atom. The van der Waals surface area contributed by atoms with Crippen molar-refractivity contribution in [1.29, 1.82) is 0 Å². The van der Waals surface area contributed by atoms with Crippen molar-refractivity contribution < 1.29 is 9.84 Å². The van der Waals surface area contributed by atoms with Crippen molar-refractivity contribution in [3.8, 4) is 0 Å². The molecule has 0 radical (unpaired) electrons. The number of ether oxygens (including phenoxy) is 1. The van der Waals surface area contributed by atoms with Gasteiger partial charge in [-0.05, 0) is 26.2 Å². The summed E-state index contributed by atoms with van der Waals surface area (Å²) in [4.78, 5) is 8.29. The van der Waals surface area contributed by atoms with E-state index in [9.17, 15) is 0 Å². The number of aliphatic hydroxyl groups excluding tert-OH is 1. The summed E-state index contributed by atoms with van der Waals surface area (Å²) in [5, 5.41) is 12.0. The number of aliphatic hydroxyl groups is 1. The van der Waals surface area contributed by atoms with Gasteiger partial charge in [-0.15, -0.1) is 0 Å². The summed E-state index contributed by atoms with van der Waals surface area (Å²) in [5.41, 5.74) is 12.0. The van der Waals surface area contributed by atoms with Crippen LogP contribution in [0.15, 0.2) is 0 Å². The van der Waals surface area contributed by atoms with E-state index < -0.39 is 0 Å². The third-order valence-corrected chi connectivity index (χ3v) is 3.26. The van der Waals surface area contributed by atoms with Gasteiger partial charge in [0.05, 0.1) is 19.3 Å². The molecule has 19 heavy (non-hydrogen) atoms. The highest BCUT2D eigenvalue weighted by Crippen LogP contribution is 2.28. The van der Waals surface area contributed by atoms with Crippen LogP contribution in [0.4, 0.5) is 17.3 Å². The lowest BCUT2D eigenvalue weighted by atomic mass is 10.2. The standard InChI is InChI=1S/C12H21N5O2/c1-7-15-11(14)10(13)12(16-7)17-8-2-3-9(6-8)19-5-4-18/h8-9,18H,2-6,13H2,1H3,(H3,14,15,16,17). The smallest absolute Gasteiger partial charge is 0.155 e. The Morgan fingerprint density at radius 2 is 2.16 bits per heavy atom. The molecule has 0 spiro atoms. The summed E-state index contributed by atoms with van der Waals surface area (Å²) < 4.78 is 5.52. The van der Waals surface area contributed by atoms with Gasteiger partial charge in [0.1, 0.15) is 11.5 Å². The second-order valence-electron chi connectivity index (χ2n) is 4.79. The molecule has 1 aliphatic carbocycles. The van der Waals surface area contributed by atoms with Crippen LogP contribution in [-0.4, -0.2) is 40.4 Å². The van der Waals surface area contributed by atoms with Crippen molar-refractivity contribution in [2.24, 2.45) is 0 Å². The fourth-order valence-electron chi connectivity index (χ4n) is 2.35. The number of rotatable bonds is 5. The molecule has 1 aromatic rings. The number of nitrogens with two attached hydrogens (primary N) is 2. The maximum absolute atomic E-state index is 8.74. The minimum atomic E-state index is 0.0587. The number of hydrogen-bond acceptors (Lipinski definition) is 7. The monoisotopic (exact) mass is 267 g/mol. The molecule has 7 nitrogen and oxygen atoms in total. The summed E-state index contributed by atoms with van der Waals surface area (Å²) in [6, 6.07) is 0.264. The van der Waals surface area contributed by atoms with E-state index in [0.717, 1.165) is 19.3 Å². The molecule has 2 atom stereocenters. The first-order chi connectivity index (χ1) is 9.10. The van der Waals surface area contributed by atoms with Crippen LogP contribution in [0.3, 0.4) is 0 Å². The maximum atomic E-state index is 8.74. The lowest BCUT2D eigenvalue weighted by molar-refractivity contribution is 0.0326. The minimum absolute atomic E-state index is 0.0587. The van der Waals surface area contributed by atoms with Crippen LogP contribution in [-0.2, 0) is 4.74 Å².